The van der Waals surface area contributed by atoms with E-state index in [-0.39, 0.29) is 17.0 Å². The van der Waals surface area contributed by atoms with Crippen molar-refractivity contribution in [1.82, 2.24) is 14.2 Å². The zero-order chi connectivity index (χ0) is 28.2. The summed E-state index contributed by atoms with van der Waals surface area (Å²) >= 11 is 0. The number of aliphatic hydroxyl groups is 1. The molecule has 4 aromatic rings. The molecule has 0 aliphatic carbocycles. The minimum absolute atomic E-state index is 0.231. The number of fused-ring (bicyclic) bond motifs is 3. The molecule has 3 atom stereocenters. The van der Waals surface area contributed by atoms with Crippen LogP contribution in [0, 0.1) is 0 Å². The lowest BCUT2D eigenvalue weighted by atomic mass is 9.92. The van der Waals surface area contributed by atoms with Crippen LogP contribution in [-0.2, 0) is 10.0 Å². The number of hydrogen-bond acceptors (Lipinski definition) is 5. The largest absolute Gasteiger partial charge is 0.573 e. The summed E-state index contributed by atoms with van der Waals surface area (Å²) in [6.07, 6.45) is -5.98. The highest BCUT2D eigenvalue weighted by Gasteiger charge is 2.42. The van der Waals surface area contributed by atoms with Crippen molar-refractivity contribution in [1.29, 1.82) is 0 Å². The first-order valence-electron chi connectivity index (χ1n) is 12.5. The SMILES string of the molecule is CC(C)(C)N1CC(NS(=O)(=O)c2ccc(OC(F)(F)F)cc2)C(O)C(n2c3ccccc3c3ccccc32)C1. The molecule has 0 bridgehead atoms. The number of ether oxygens (including phenoxy) is 1. The van der Waals surface area contributed by atoms with Crippen molar-refractivity contribution < 1.29 is 31.4 Å². The van der Waals surface area contributed by atoms with Crippen molar-refractivity contribution >= 4 is 31.8 Å². The van der Waals surface area contributed by atoms with Crippen molar-refractivity contribution in [3.8, 4) is 5.75 Å². The van der Waals surface area contributed by atoms with Gasteiger partial charge in [0, 0.05) is 40.4 Å². The molecule has 0 amide bonds. The molecule has 1 fully saturated rings. The lowest BCUT2D eigenvalue weighted by Gasteiger charge is -2.47. The third kappa shape index (κ3) is 5.49. The molecule has 5 rings (SSSR count). The highest BCUT2D eigenvalue weighted by molar-refractivity contribution is 7.89. The van der Waals surface area contributed by atoms with Gasteiger partial charge in [-0.05, 0) is 57.2 Å². The molecule has 3 aromatic carbocycles. The number of likely N-dealkylation sites (tertiary alicyclic amines) is 1. The molecule has 0 spiro atoms. The molecule has 208 valence electrons. The minimum atomic E-state index is -4.89. The Morgan fingerprint density at radius 1 is 0.872 bits per heavy atom. The number of para-hydroxylation sites is 2. The van der Waals surface area contributed by atoms with Gasteiger partial charge in [-0.25, -0.2) is 13.1 Å². The van der Waals surface area contributed by atoms with Crippen LogP contribution in [0.25, 0.3) is 21.8 Å². The van der Waals surface area contributed by atoms with E-state index >= 15 is 0 Å². The molecular formula is C28H30F3N3O4S. The molecule has 39 heavy (non-hydrogen) atoms. The fraction of sp³-hybridized carbons (Fsp3) is 0.357. The standard InChI is InChI=1S/C28H30F3N3O4S/c1-27(2,3)33-16-22(32-39(36,37)19-14-12-18(13-15-19)38-28(29,30)31)26(35)25(17-33)34-23-10-6-4-8-20(23)21-9-5-7-11-24(21)34/h4-15,22,25-26,32,35H,16-17H2,1-3H3. The summed E-state index contributed by atoms with van der Waals surface area (Å²) in [4.78, 5) is 1.90. The molecule has 7 nitrogen and oxygen atoms in total. The zero-order valence-corrected chi connectivity index (χ0v) is 22.5. The van der Waals surface area contributed by atoms with Crippen molar-refractivity contribution in [2.45, 2.75) is 55.8 Å². The second-order valence-corrected chi connectivity index (χ2v) is 12.5. The number of nitrogens with zero attached hydrogens (tertiary/aromatic N) is 2. The summed E-state index contributed by atoms with van der Waals surface area (Å²) in [5, 5.41) is 13.7. The monoisotopic (exact) mass is 561 g/mol. The third-order valence-electron chi connectivity index (χ3n) is 7.20. The summed E-state index contributed by atoms with van der Waals surface area (Å²) in [7, 11) is -4.18. The van der Waals surface area contributed by atoms with Gasteiger partial charge in [-0.3, -0.25) is 4.90 Å². The molecular weight excluding hydrogens is 531 g/mol. The third-order valence-corrected chi connectivity index (χ3v) is 8.71. The van der Waals surface area contributed by atoms with E-state index in [0.29, 0.717) is 6.54 Å². The van der Waals surface area contributed by atoms with Crippen LogP contribution in [0.1, 0.15) is 26.8 Å². The Balaban J connectivity index is 1.52. The van der Waals surface area contributed by atoms with E-state index in [0.717, 1.165) is 46.1 Å². The maximum atomic E-state index is 13.3. The normalized spacial score (nSPS) is 21.5. The first-order chi connectivity index (χ1) is 18.2. The molecule has 0 saturated carbocycles. The number of piperidine rings is 1. The van der Waals surface area contributed by atoms with E-state index in [4.69, 9.17) is 0 Å². The fourth-order valence-electron chi connectivity index (χ4n) is 5.31. The summed E-state index contributed by atoms with van der Waals surface area (Å²) in [5.41, 5.74) is 1.53. The van der Waals surface area contributed by atoms with Crippen LogP contribution >= 0.6 is 0 Å². The van der Waals surface area contributed by atoms with Crippen molar-refractivity contribution in [2.24, 2.45) is 0 Å². The Kier molecular flexibility index (Phi) is 6.91. The summed E-state index contributed by atoms with van der Waals surface area (Å²) in [6.45, 7) is 6.80. The molecule has 1 aromatic heterocycles. The van der Waals surface area contributed by atoms with Crippen LogP contribution in [0.15, 0.2) is 77.7 Å². The zero-order valence-electron chi connectivity index (χ0n) is 21.7. The average Bonchev–Trinajstić information content (AvgIpc) is 3.18. The topological polar surface area (TPSA) is 83.8 Å². The van der Waals surface area contributed by atoms with E-state index in [1.165, 1.54) is 0 Å². The number of benzene rings is 3. The Morgan fingerprint density at radius 2 is 1.41 bits per heavy atom. The summed E-state index contributed by atoms with van der Waals surface area (Å²) in [5.74, 6) is -0.524. The molecule has 1 aliphatic rings. The molecule has 0 radical (unpaired) electrons. The number of aliphatic hydroxyl groups excluding tert-OH is 1. The van der Waals surface area contributed by atoms with E-state index in [9.17, 15) is 26.7 Å². The first-order valence-corrected chi connectivity index (χ1v) is 14.0. The van der Waals surface area contributed by atoms with Crippen LogP contribution in [-0.4, -0.2) is 60.1 Å². The van der Waals surface area contributed by atoms with Gasteiger partial charge < -0.3 is 14.4 Å². The van der Waals surface area contributed by atoms with Gasteiger partial charge in [-0.15, -0.1) is 13.2 Å². The van der Waals surface area contributed by atoms with Gasteiger partial charge in [0.05, 0.1) is 23.1 Å². The average molecular weight is 562 g/mol. The van der Waals surface area contributed by atoms with Crippen LogP contribution in [0.3, 0.4) is 0 Å². The first kappa shape index (κ1) is 27.4. The van der Waals surface area contributed by atoms with Crippen LogP contribution in [0.4, 0.5) is 13.2 Å². The Bertz CT molecular complexity index is 1540. The van der Waals surface area contributed by atoms with Crippen LogP contribution < -0.4 is 9.46 Å². The highest BCUT2D eigenvalue weighted by Crippen LogP contribution is 2.37. The van der Waals surface area contributed by atoms with Crippen LogP contribution in [0.2, 0.25) is 0 Å². The Hall–Kier alpha value is -3.12. The van der Waals surface area contributed by atoms with E-state index in [1.54, 1.807) is 0 Å². The molecule has 1 aliphatic heterocycles. The number of alkyl halides is 3. The van der Waals surface area contributed by atoms with Gasteiger partial charge in [0.2, 0.25) is 10.0 Å². The van der Waals surface area contributed by atoms with Gasteiger partial charge in [0.15, 0.2) is 0 Å². The molecule has 11 heteroatoms. The quantitative estimate of drug-likeness (QED) is 0.356. The Labute approximate surface area is 224 Å². The highest BCUT2D eigenvalue weighted by atomic mass is 32.2. The van der Waals surface area contributed by atoms with E-state index in [1.807, 2.05) is 69.3 Å². The number of halogens is 3. The second kappa shape index (κ2) is 9.81. The maximum Gasteiger partial charge on any atom is 0.573 e. The van der Waals surface area contributed by atoms with Gasteiger partial charge in [0.1, 0.15) is 5.75 Å². The van der Waals surface area contributed by atoms with Crippen molar-refractivity contribution in [2.75, 3.05) is 13.1 Å². The van der Waals surface area contributed by atoms with E-state index in [2.05, 4.69) is 18.9 Å². The van der Waals surface area contributed by atoms with Crippen LogP contribution in [0.5, 0.6) is 5.75 Å². The number of rotatable bonds is 5. The lowest BCUT2D eigenvalue weighted by molar-refractivity contribution is -0.274. The number of aromatic nitrogens is 1. The molecule has 2 heterocycles. The lowest BCUT2D eigenvalue weighted by Crippen LogP contribution is -2.62. The second-order valence-electron chi connectivity index (χ2n) is 10.8. The van der Waals surface area contributed by atoms with Crippen molar-refractivity contribution in [3.63, 3.8) is 0 Å². The van der Waals surface area contributed by atoms with Crippen molar-refractivity contribution in [3.05, 3.63) is 72.8 Å². The molecule has 3 unspecified atom stereocenters. The number of nitrogens with one attached hydrogen (secondary N) is 1. The smallest absolute Gasteiger partial charge is 0.406 e. The van der Waals surface area contributed by atoms with Gasteiger partial charge in [0.25, 0.3) is 0 Å². The number of sulfonamides is 1. The summed E-state index contributed by atoms with van der Waals surface area (Å²) in [6, 6.07) is 18.4. The predicted molar refractivity (Wildman–Crippen MR) is 143 cm³/mol. The maximum absolute atomic E-state index is 13.3. The van der Waals surface area contributed by atoms with Gasteiger partial charge in [-0.1, -0.05) is 36.4 Å². The fourth-order valence-corrected chi connectivity index (χ4v) is 6.55. The molecule has 1 saturated heterocycles. The Morgan fingerprint density at radius 3 is 1.92 bits per heavy atom. The minimum Gasteiger partial charge on any atom is -0.406 e. The predicted octanol–water partition coefficient (Wildman–Crippen LogP) is 5.06. The van der Waals surface area contributed by atoms with E-state index < -0.39 is 40.3 Å². The molecule has 2 N–H and O–H groups in total. The van der Waals surface area contributed by atoms with Gasteiger partial charge >= 0.3 is 6.36 Å². The number of hydrogen-bond donors (Lipinski definition) is 2. The van der Waals surface area contributed by atoms with Gasteiger partial charge in [-0.2, -0.15) is 0 Å². The summed E-state index contributed by atoms with van der Waals surface area (Å²) < 4.78 is 72.7.